The number of allylic oxidation sites excluding steroid dienone is 1. The standard InChI is InChI=1S/C7H8N2O/c1-2-3-6-5-9-10-7(6)4-8/h2-5,8H,1H3/b3-2-,8-4?. The zero-order valence-corrected chi connectivity index (χ0v) is 5.66. The molecule has 1 heterocycles. The van der Waals surface area contributed by atoms with Gasteiger partial charge in [0.1, 0.15) is 0 Å². The first kappa shape index (κ1) is 6.74. The lowest BCUT2D eigenvalue weighted by Crippen LogP contribution is -1.75. The molecule has 0 aliphatic rings. The van der Waals surface area contributed by atoms with Gasteiger partial charge < -0.3 is 9.93 Å². The fourth-order valence-electron chi connectivity index (χ4n) is 0.671. The van der Waals surface area contributed by atoms with Gasteiger partial charge in [-0.2, -0.15) is 0 Å². The molecule has 0 saturated carbocycles. The highest BCUT2D eigenvalue weighted by Crippen LogP contribution is 2.06. The lowest BCUT2D eigenvalue weighted by Gasteiger charge is -1.81. The molecule has 0 atom stereocenters. The maximum Gasteiger partial charge on any atom is 0.184 e. The number of rotatable bonds is 2. The van der Waals surface area contributed by atoms with E-state index in [0.717, 1.165) is 11.8 Å². The summed E-state index contributed by atoms with van der Waals surface area (Å²) >= 11 is 0. The minimum Gasteiger partial charge on any atom is -0.355 e. The number of aromatic nitrogens is 1. The van der Waals surface area contributed by atoms with Crippen LogP contribution in [0, 0.1) is 5.41 Å². The molecule has 0 amide bonds. The Bertz CT molecular complexity index is 250. The average molecular weight is 136 g/mol. The molecule has 52 valence electrons. The fourth-order valence-corrected chi connectivity index (χ4v) is 0.671. The maximum absolute atomic E-state index is 6.89. The molecule has 0 aromatic carbocycles. The second-order valence-corrected chi connectivity index (χ2v) is 1.79. The molecule has 10 heavy (non-hydrogen) atoms. The highest BCUT2D eigenvalue weighted by Gasteiger charge is 1.98. The lowest BCUT2D eigenvalue weighted by molar-refractivity contribution is 0.414. The molecule has 1 N–H and O–H groups in total. The molecule has 3 nitrogen and oxygen atoms in total. The summed E-state index contributed by atoms with van der Waals surface area (Å²) in [6.07, 6.45) is 6.44. The summed E-state index contributed by atoms with van der Waals surface area (Å²) in [4.78, 5) is 0. The zero-order chi connectivity index (χ0) is 7.40. The van der Waals surface area contributed by atoms with E-state index in [0.29, 0.717) is 5.76 Å². The van der Waals surface area contributed by atoms with Crippen LogP contribution in [-0.4, -0.2) is 11.4 Å². The van der Waals surface area contributed by atoms with Gasteiger partial charge in [0.25, 0.3) is 0 Å². The Balaban J connectivity index is 3.00. The minimum atomic E-state index is 0.498. The molecule has 0 radical (unpaired) electrons. The molecule has 0 aliphatic heterocycles. The Morgan fingerprint density at radius 1 is 1.70 bits per heavy atom. The van der Waals surface area contributed by atoms with E-state index < -0.39 is 0 Å². The van der Waals surface area contributed by atoms with Crippen molar-refractivity contribution in [1.82, 2.24) is 5.16 Å². The minimum absolute atomic E-state index is 0.498. The molecule has 0 bridgehead atoms. The molecular formula is C7H8N2O. The van der Waals surface area contributed by atoms with Gasteiger partial charge in [0.2, 0.25) is 0 Å². The zero-order valence-electron chi connectivity index (χ0n) is 5.66. The summed E-state index contributed by atoms with van der Waals surface area (Å²) in [6.45, 7) is 1.90. The quantitative estimate of drug-likeness (QED) is 0.629. The van der Waals surface area contributed by atoms with Gasteiger partial charge in [-0.05, 0) is 6.92 Å². The van der Waals surface area contributed by atoms with Crippen LogP contribution < -0.4 is 0 Å². The summed E-state index contributed by atoms with van der Waals surface area (Å²) in [5.74, 6) is 0.498. The second kappa shape index (κ2) is 2.96. The number of nitrogens with one attached hydrogen (secondary N) is 1. The van der Waals surface area contributed by atoms with E-state index in [1.54, 1.807) is 6.20 Å². The molecule has 0 unspecified atom stereocenters. The van der Waals surface area contributed by atoms with Crippen LogP contribution in [0.4, 0.5) is 0 Å². The first-order chi connectivity index (χ1) is 4.88. The third-order valence-electron chi connectivity index (χ3n) is 1.10. The third kappa shape index (κ3) is 1.13. The van der Waals surface area contributed by atoms with Crippen molar-refractivity contribution < 1.29 is 4.52 Å². The maximum atomic E-state index is 6.89. The molecule has 0 fully saturated rings. The first-order valence-electron chi connectivity index (χ1n) is 2.96. The van der Waals surface area contributed by atoms with E-state index in [-0.39, 0.29) is 0 Å². The van der Waals surface area contributed by atoms with Crippen molar-refractivity contribution in [3.8, 4) is 0 Å². The summed E-state index contributed by atoms with van der Waals surface area (Å²) in [7, 11) is 0. The lowest BCUT2D eigenvalue weighted by atomic mass is 10.2. The van der Waals surface area contributed by atoms with E-state index >= 15 is 0 Å². The van der Waals surface area contributed by atoms with E-state index in [1.165, 1.54) is 0 Å². The number of nitrogens with zero attached hydrogens (tertiary/aromatic N) is 1. The Morgan fingerprint density at radius 3 is 3.10 bits per heavy atom. The van der Waals surface area contributed by atoms with Crippen LogP contribution in [-0.2, 0) is 0 Å². The van der Waals surface area contributed by atoms with Crippen molar-refractivity contribution in [3.05, 3.63) is 23.6 Å². The monoisotopic (exact) mass is 136 g/mol. The number of hydrogen-bond acceptors (Lipinski definition) is 3. The molecule has 1 aromatic heterocycles. The van der Waals surface area contributed by atoms with Crippen molar-refractivity contribution in [3.63, 3.8) is 0 Å². The summed E-state index contributed by atoms with van der Waals surface area (Å²) in [5, 5.41) is 10.4. The summed E-state index contributed by atoms with van der Waals surface area (Å²) in [5.41, 5.74) is 0.845. The highest BCUT2D eigenvalue weighted by atomic mass is 16.5. The van der Waals surface area contributed by atoms with E-state index in [9.17, 15) is 0 Å². The van der Waals surface area contributed by atoms with Gasteiger partial charge in [0.05, 0.1) is 12.4 Å². The van der Waals surface area contributed by atoms with Gasteiger partial charge in [-0.15, -0.1) is 0 Å². The van der Waals surface area contributed by atoms with Crippen molar-refractivity contribution in [2.45, 2.75) is 6.92 Å². The predicted octanol–water partition coefficient (Wildman–Crippen LogP) is 1.71. The van der Waals surface area contributed by atoms with E-state index in [2.05, 4.69) is 5.16 Å². The van der Waals surface area contributed by atoms with Gasteiger partial charge >= 0.3 is 0 Å². The number of hydrogen-bond donors (Lipinski definition) is 1. The van der Waals surface area contributed by atoms with Crippen molar-refractivity contribution in [2.24, 2.45) is 0 Å². The molecular weight excluding hydrogens is 128 g/mol. The topological polar surface area (TPSA) is 49.9 Å². The SMILES string of the molecule is C/C=C\c1cnoc1C=N. The van der Waals surface area contributed by atoms with Crippen LogP contribution in [0.25, 0.3) is 6.08 Å². The van der Waals surface area contributed by atoms with Crippen LogP contribution >= 0.6 is 0 Å². The molecule has 1 rings (SSSR count). The smallest absolute Gasteiger partial charge is 0.184 e. The highest BCUT2D eigenvalue weighted by molar-refractivity contribution is 5.79. The van der Waals surface area contributed by atoms with Gasteiger partial charge in [0, 0.05) is 5.56 Å². The van der Waals surface area contributed by atoms with Crippen LogP contribution in [0.5, 0.6) is 0 Å². The van der Waals surface area contributed by atoms with Crippen LogP contribution in [0.2, 0.25) is 0 Å². The van der Waals surface area contributed by atoms with Crippen LogP contribution in [0.3, 0.4) is 0 Å². The van der Waals surface area contributed by atoms with E-state index in [4.69, 9.17) is 9.93 Å². The van der Waals surface area contributed by atoms with Crippen LogP contribution in [0.15, 0.2) is 16.8 Å². The average Bonchev–Trinajstić information content (AvgIpc) is 2.36. The van der Waals surface area contributed by atoms with Gasteiger partial charge in [-0.25, -0.2) is 0 Å². The fraction of sp³-hybridized carbons (Fsp3) is 0.143. The molecule has 1 aromatic rings. The normalized spacial score (nSPS) is 10.5. The Kier molecular flexibility index (Phi) is 1.99. The van der Waals surface area contributed by atoms with Gasteiger partial charge in [-0.3, -0.25) is 0 Å². The molecule has 0 spiro atoms. The summed E-state index contributed by atoms with van der Waals surface area (Å²) in [6, 6.07) is 0. The van der Waals surface area contributed by atoms with Crippen molar-refractivity contribution >= 4 is 12.3 Å². The molecule has 3 heteroatoms. The van der Waals surface area contributed by atoms with E-state index in [1.807, 2.05) is 19.1 Å². The summed E-state index contributed by atoms with van der Waals surface area (Å²) < 4.78 is 4.72. The molecule has 0 saturated heterocycles. The largest absolute Gasteiger partial charge is 0.355 e. The molecule has 0 aliphatic carbocycles. The van der Waals surface area contributed by atoms with Crippen molar-refractivity contribution in [2.75, 3.05) is 0 Å². The van der Waals surface area contributed by atoms with Gasteiger partial charge in [-0.1, -0.05) is 17.3 Å². The Morgan fingerprint density at radius 2 is 2.50 bits per heavy atom. The Hall–Kier alpha value is -1.38. The predicted molar refractivity (Wildman–Crippen MR) is 39.1 cm³/mol. The van der Waals surface area contributed by atoms with Crippen LogP contribution in [0.1, 0.15) is 18.2 Å². The Labute approximate surface area is 58.9 Å². The van der Waals surface area contributed by atoms with Crippen molar-refractivity contribution in [1.29, 1.82) is 5.41 Å². The van der Waals surface area contributed by atoms with Gasteiger partial charge in [0.15, 0.2) is 5.76 Å². The third-order valence-corrected chi connectivity index (χ3v) is 1.10. The second-order valence-electron chi connectivity index (χ2n) is 1.79. The first-order valence-corrected chi connectivity index (χ1v) is 2.96.